The second kappa shape index (κ2) is 8.63. The number of carboxylic acids is 1. The SMILES string of the molecule is CCN(CC)[C@@H](C)CCC(=O)c1cc(Cl)nc(N2CC[C@H]2C(=O)O)c1. The predicted molar refractivity (Wildman–Crippen MR) is 98.6 cm³/mol. The van der Waals surface area contributed by atoms with Gasteiger partial charge >= 0.3 is 5.97 Å². The minimum Gasteiger partial charge on any atom is -0.480 e. The maximum Gasteiger partial charge on any atom is 0.326 e. The number of hydrogen-bond donors (Lipinski definition) is 1. The van der Waals surface area contributed by atoms with E-state index < -0.39 is 12.0 Å². The van der Waals surface area contributed by atoms with Gasteiger partial charge in [-0.1, -0.05) is 25.4 Å². The normalized spacial score (nSPS) is 18.1. The molecule has 1 aromatic heterocycles. The second-order valence-corrected chi connectivity index (χ2v) is 6.79. The maximum atomic E-state index is 12.6. The van der Waals surface area contributed by atoms with E-state index in [-0.39, 0.29) is 10.9 Å². The number of carboxylic acid groups (broad SMARTS) is 1. The van der Waals surface area contributed by atoms with Crippen LogP contribution < -0.4 is 4.90 Å². The molecule has 1 saturated heterocycles. The van der Waals surface area contributed by atoms with Crippen molar-refractivity contribution in [2.75, 3.05) is 24.5 Å². The molecule has 2 heterocycles. The average Bonchev–Trinajstić information content (AvgIpc) is 2.51. The molecule has 1 N–H and O–H groups in total. The highest BCUT2D eigenvalue weighted by atomic mass is 35.5. The molecule has 0 spiro atoms. The van der Waals surface area contributed by atoms with Gasteiger partial charge in [0, 0.05) is 24.6 Å². The molecule has 1 aromatic rings. The fourth-order valence-electron chi connectivity index (χ4n) is 3.22. The second-order valence-electron chi connectivity index (χ2n) is 6.40. The minimum atomic E-state index is -0.881. The molecule has 0 unspecified atom stereocenters. The number of anilines is 1. The number of rotatable bonds is 9. The van der Waals surface area contributed by atoms with Crippen molar-refractivity contribution in [3.8, 4) is 0 Å². The first-order valence-electron chi connectivity index (χ1n) is 8.81. The summed E-state index contributed by atoms with van der Waals surface area (Å²) in [4.78, 5) is 31.9. The fraction of sp³-hybridized carbons (Fsp3) is 0.611. The van der Waals surface area contributed by atoms with E-state index in [0.29, 0.717) is 36.8 Å². The molecular weight excluding hydrogens is 342 g/mol. The van der Waals surface area contributed by atoms with E-state index >= 15 is 0 Å². The number of carbonyl (C=O) groups excluding carboxylic acids is 1. The van der Waals surface area contributed by atoms with Gasteiger partial charge in [0.05, 0.1) is 0 Å². The third kappa shape index (κ3) is 4.70. The Labute approximate surface area is 153 Å². The molecule has 0 amide bonds. The van der Waals surface area contributed by atoms with E-state index in [1.165, 1.54) is 0 Å². The standard InChI is InChI=1S/C18H26ClN3O3/c1-4-21(5-2)12(3)6-7-15(23)13-10-16(19)20-17(11-13)22-9-8-14(22)18(24)25/h10-12,14H,4-9H2,1-3H3,(H,24,25)/t12-,14-/m0/s1. The zero-order valence-electron chi connectivity index (χ0n) is 15.0. The van der Waals surface area contributed by atoms with Crippen molar-refractivity contribution in [2.24, 2.45) is 0 Å². The molecule has 0 aromatic carbocycles. The lowest BCUT2D eigenvalue weighted by molar-refractivity contribution is -0.140. The van der Waals surface area contributed by atoms with Gasteiger partial charge in [-0.3, -0.25) is 4.79 Å². The minimum absolute atomic E-state index is 0.0111. The Morgan fingerprint density at radius 1 is 1.40 bits per heavy atom. The van der Waals surface area contributed by atoms with Crippen LogP contribution in [0.2, 0.25) is 5.15 Å². The van der Waals surface area contributed by atoms with Crippen LogP contribution in [0.1, 0.15) is 50.4 Å². The Balaban J connectivity index is 2.06. The number of aromatic nitrogens is 1. The zero-order valence-corrected chi connectivity index (χ0v) is 15.8. The fourth-order valence-corrected chi connectivity index (χ4v) is 3.43. The van der Waals surface area contributed by atoms with Gasteiger partial charge in [-0.05, 0) is 45.0 Å². The Morgan fingerprint density at radius 3 is 2.60 bits per heavy atom. The molecule has 1 fully saturated rings. The van der Waals surface area contributed by atoms with Crippen molar-refractivity contribution >= 4 is 29.2 Å². The number of aliphatic carboxylic acids is 1. The summed E-state index contributed by atoms with van der Waals surface area (Å²) in [5, 5.41) is 9.40. The van der Waals surface area contributed by atoms with Crippen LogP contribution >= 0.6 is 11.6 Å². The number of Topliss-reactive ketones (excluding diaryl/α,β-unsaturated/α-hetero) is 1. The summed E-state index contributed by atoms with van der Waals surface area (Å²) in [6, 6.07) is 2.97. The van der Waals surface area contributed by atoms with Gasteiger partial charge in [0.25, 0.3) is 0 Å². The molecule has 0 saturated carbocycles. The largest absolute Gasteiger partial charge is 0.480 e. The van der Waals surface area contributed by atoms with Crippen molar-refractivity contribution < 1.29 is 14.7 Å². The molecule has 2 atom stereocenters. The molecule has 7 heteroatoms. The number of ketones is 1. The summed E-state index contributed by atoms with van der Waals surface area (Å²) in [6.45, 7) is 8.89. The highest BCUT2D eigenvalue weighted by molar-refractivity contribution is 6.30. The van der Waals surface area contributed by atoms with E-state index in [0.717, 1.165) is 19.5 Å². The van der Waals surface area contributed by atoms with Gasteiger partial charge in [-0.25, -0.2) is 9.78 Å². The van der Waals surface area contributed by atoms with E-state index in [1.807, 2.05) is 0 Å². The third-order valence-electron chi connectivity index (χ3n) is 4.93. The number of hydrogen-bond acceptors (Lipinski definition) is 5. The molecular formula is C18H26ClN3O3. The van der Waals surface area contributed by atoms with Gasteiger partial charge in [-0.15, -0.1) is 0 Å². The zero-order chi connectivity index (χ0) is 18.6. The monoisotopic (exact) mass is 367 g/mol. The number of carbonyl (C=O) groups is 2. The molecule has 6 nitrogen and oxygen atoms in total. The quantitative estimate of drug-likeness (QED) is 0.534. The summed E-state index contributed by atoms with van der Waals surface area (Å²) in [6.07, 6.45) is 1.78. The smallest absolute Gasteiger partial charge is 0.326 e. The number of pyridine rings is 1. The van der Waals surface area contributed by atoms with Crippen LogP contribution in [0, 0.1) is 0 Å². The predicted octanol–water partition coefficient (Wildman–Crippen LogP) is 3.09. The summed E-state index contributed by atoms with van der Waals surface area (Å²) in [7, 11) is 0. The number of halogens is 1. The van der Waals surface area contributed by atoms with Crippen molar-refractivity contribution in [2.45, 2.75) is 52.1 Å². The van der Waals surface area contributed by atoms with Crippen molar-refractivity contribution in [1.29, 1.82) is 0 Å². The first-order valence-corrected chi connectivity index (χ1v) is 9.19. The van der Waals surface area contributed by atoms with E-state index in [4.69, 9.17) is 11.6 Å². The lowest BCUT2D eigenvalue weighted by Crippen LogP contribution is -2.53. The molecule has 25 heavy (non-hydrogen) atoms. The summed E-state index contributed by atoms with van der Waals surface area (Å²) < 4.78 is 0. The van der Waals surface area contributed by atoms with E-state index in [2.05, 4.69) is 30.7 Å². The molecule has 0 radical (unpaired) electrons. The first-order chi connectivity index (χ1) is 11.9. The summed E-state index contributed by atoms with van der Waals surface area (Å²) in [5.41, 5.74) is 0.498. The Kier molecular flexibility index (Phi) is 6.79. The van der Waals surface area contributed by atoms with Crippen LogP contribution in [0.15, 0.2) is 12.1 Å². The Hall–Kier alpha value is -1.66. The lowest BCUT2D eigenvalue weighted by Gasteiger charge is -2.39. The average molecular weight is 368 g/mol. The Bertz CT molecular complexity index is 634. The molecule has 138 valence electrons. The van der Waals surface area contributed by atoms with Gasteiger partial charge in [0.2, 0.25) is 0 Å². The highest BCUT2D eigenvalue weighted by Gasteiger charge is 2.35. The van der Waals surface area contributed by atoms with Gasteiger partial charge in [0.1, 0.15) is 17.0 Å². The van der Waals surface area contributed by atoms with Crippen molar-refractivity contribution in [3.05, 3.63) is 22.8 Å². The van der Waals surface area contributed by atoms with E-state index in [9.17, 15) is 14.7 Å². The van der Waals surface area contributed by atoms with Crippen molar-refractivity contribution in [1.82, 2.24) is 9.88 Å². The van der Waals surface area contributed by atoms with Crippen LogP contribution in [-0.2, 0) is 4.79 Å². The van der Waals surface area contributed by atoms with Crippen LogP contribution in [-0.4, -0.2) is 58.5 Å². The van der Waals surface area contributed by atoms with Crippen molar-refractivity contribution in [3.63, 3.8) is 0 Å². The maximum absolute atomic E-state index is 12.6. The van der Waals surface area contributed by atoms with Crippen LogP contribution in [0.5, 0.6) is 0 Å². The van der Waals surface area contributed by atoms with Gasteiger partial charge in [-0.2, -0.15) is 0 Å². The molecule has 1 aliphatic rings. The molecule has 0 aliphatic carbocycles. The van der Waals surface area contributed by atoms with E-state index in [1.54, 1.807) is 17.0 Å². The first kappa shape index (κ1) is 19.7. The van der Waals surface area contributed by atoms with Crippen LogP contribution in [0.25, 0.3) is 0 Å². The molecule has 1 aliphatic heterocycles. The summed E-state index contributed by atoms with van der Waals surface area (Å²) in [5.74, 6) is -0.405. The summed E-state index contributed by atoms with van der Waals surface area (Å²) >= 11 is 6.06. The van der Waals surface area contributed by atoms with Crippen LogP contribution in [0.4, 0.5) is 5.82 Å². The highest BCUT2D eigenvalue weighted by Crippen LogP contribution is 2.28. The molecule has 0 bridgehead atoms. The third-order valence-corrected chi connectivity index (χ3v) is 5.12. The molecule has 2 rings (SSSR count). The van der Waals surface area contributed by atoms with Crippen LogP contribution in [0.3, 0.4) is 0 Å². The number of nitrogens with zero attached hydrogens (tertiary/aromatic N) is 3. The lowest BCUT2D eigenvalue weighted by atomic mass is 10.0. The Morgan fingerprint density at radius 2 is 2.08 bits per heavy atom. The van der Waals surface area contributed by atoms with Gasteiger partial charge < -0.3 is 14.9 Å². The van der Waals surface area contributed by atoms with Gasteiger partial charge in [0.15, 0.2) is 5.78 Å². The topological polar surface area (TPSA) is 73.7 Å².